The zero-order valence-corrected chi connectivity index (χ0v) is 9.51. The summed E-state index contributed by atoms with van der Waals surface area (Å²) in [5.41, 5.74) is 0. The fourth-order valence-corrected chi connectivity index (χ4v) is 0.978. The zero-order valence-electron chi connectivity index (χ0n) is 9.51. The standard InChI is InChI=1S/C10H22N2O2/c1-4-6-11-9-10(13)12(3)7-8-14-5-2/h11H,4-9H2,1-3H3. The molecular formula is C10H22N2O2. The quantitative estimate of drug-likeness (QED) is 0.582. The van der Waals surface area contributed by atoms with Crippen LogP contribution < -0.4 is 5.32 Å². The lowest BCUT2D eigenvalue weighted by Gasteiger charge is -2.17. The summed E-state index contributed by atoms with van der Waals surface area (Å²) in [5.74, 6) is 0.123. The molecular weight excluding hydrogens is 180 g/mol. The van der Waals surface area contributed by atoms with Crippen LogP contribution in [0.5, 0.6) is 0 Å². The Morgan fingerprint density at radius 3 is 2.71 bits per heavy atom. The van der Waals surface area contributed by atoms with Crippen molar-refractivity contribution in [2.24, 2.45) is 0 Å². The van der Waals surface area contributed by atoms with Gasteiger partial charge in [0.15, 0.2) is 0 Å². The molecule has 0 spiro atoms. The molecule has 0 unspecified atom stereocenters. The van der Waals surface area contributed by atoms with Crippen LogP contribution in [0.4, 0.5) is 0 Å². The summed E-state index contributed by atoms with van der Waals surface area (Å²) in [4.78, 5) is 13.1. The molecule has 0 aliphatic rings. The molecule has 0 aromatic rings. The van der Waals surface area contributed by atoms with Crippen molar-refractivity contribution < 1.29 is 9.53 Å². The largest absolute Gasteiger partial charge is 0.380 e. The van der Waals surface area contributed by atoms with Gasteiger partial charge in [-0.3, -0.25) is 4.79 Å². The zero-order chi connectivity index (χ0) is 10.8. The van der Waals surface area contributed by atoms with Crippen LogP contribution in [0.25, 0.3) is 0 Å². The number of rotatable bonds is 8. The molecule has 0 aliphatic carbocycles. The van der Waals surface area contributed by atoms with Gasteiger partial charge in [-0.2, -0.15) is 0 Å². The van der Waals surface area contributed by atoms with Crippen molar-refractivity contribution >= 4 is 5.91 Å². The van der Waals surface area contributed by atoms with Crippen LogP contribution in [0.1, 0.15) is 20.3 Å². The maximum atomic E-state index is 11.4. The lowest BCUT2D eigenvalue weighted by Crippen LogP contribution is -2.37. The highest BCUT2D eigenvalue weighted by molar-refractivity contribution is 5.77. The van der Waals surface area contributed by atoms with E-state index < -0.39 is 0 Å². The van der Waals surface area contributed by atoms with Crippen LogP contribution in [0.2, 0.25) is 0 Å². The van der Waals surface area contributed by atoms with Gasteiger partial charge in [-0.1, -0.05) is 6.92 Å². The monoisotopic (exact) mass is 202 g/mol. The molecule has 4 heteroatoms. The summed E-state index contributed by atoms with van der Waals surface area (Å²) in [6.07, 6.45) is 1.05. The first-order valence-electron chi connectivity index (χ1n) is 5.24. The molecule has 0 heterocycles. The summed E-state index contributed by atoms with van der Waals surface area (Å²) in [6.45, 7) is 7.34. The van der Waals surface area contributed by atoms with E-state index in [1.54, 1.807) is 11.9 Å². The minimum atomic E-state index is 0.123. The van der Waals surface area contributed by atoms with Crippen LogP contribution in [0.15, 0.2) is 0 Å². The number of carbonyl (C=O) groups excluding carboxylic acids is 1. The summed E-state index contributed by atoms with van der Waals surface area (Å²) in [7, 11) is 1.80. The molecule has 0 saturated heterocycles. The van der Waals surface area contributed by atoms with Crippen molar-refractivity contribution in [2.45, 2.75) is 20.3 Å². The van der Waals surface area contributed by atoms with E-state index in [0.29, 0.717) is 26.3 Å². The Balaban J connectivity index is 3.44. The van der Waals surface area contributed by atoms with Gasteiger partial charge in [0.2, 0.25) is 5.91 Å². The smallest absolute Gasteiger partial charge is 0.236 e. The maximum absolute atomic E-state index is 11.4. The van der Waals surface area contributed by atoms with E-state index in [0.717, 1.165) is 13.0 Å². The van der Waals surface area contributed by atoms with E-state index in [4.69, 9.17) is 4.74 Å². The van der Waals surface area contributed by atoms with Crippen molar-refractivity contribution in [3.8, 4) is 0 Å². The van der Waals surface area contributed by atoms with Crippen molar-refractivity contribution in [3.63, 3.8) is 0 Å². The molecule has 0 aromatic carbocycles. The molecule has 0 aromatic heterocycles. The number of hydrogen-bond donors (Lipinski definition) is 1. The van der Waals surface area contributed by atoms with Gasteiger partial charge in [0, 0.05) is 20.2 Å². The number of hydrogen-bond acceptors (Lipinski definition) is 3. The molecule has 0 radical (unpaired) electrons. The molecule has 84 valence electrons. The Morgan fingerprint density at radius 1 is 1.43 bits per heavy atom. The molecule has 0 rings (SSSR count). The predicted octanol–water partition coefficient (Wildman–Crippen LogP) is 0.481. The highest BCUT2D eigenvalue weighted by Gasteiger charge is 2.06. The molecule has 1 N–H and O–H groups in total. The molecule has 1 amide bonds. The third kappa shape index (κ3) is 6.86. The van der Waals surface area contributed by atoms with Crippen molar-refractivity contribution in [1.29, 1.82) is 0 Å². The van der Waals surface area contributed by atoms with Gasteiger partial charge in [-0.25, -0.2) is 0 Å². The molecule has 0 bridgehead atoms. The molecule has 0 aliphatic heterocycles. The van der Waals surface area contributed by atoms with Gasteiger partial charge in [-0.05, 0) is 19.9 Å². The number of ether oxygens (including phenoxy) is 1. The first-order valence-corrected chi connectivity index (χ1v) is 5.24. The third-order valence-electron chi connectivity index (χ3n) is 1.90. The van der Waals surface area contributed by atoms with Crippen molar-refractivity contribution in [2.75, 3.05) is 39.9 Å². The summed E-state index contributed by atoms with van der Waals surface area (Å²) < 4.78 is 5.17. The highest BCUT2D eigenvalue weighted by Crippen LogP contribution is 1.85. The second kappa shape index (κ2) is 8.97. The van der Waals surface area contributed by atoms with E-state index in [1.807, 2.05) is 6.92 Å². The van der Waals surface area contributed by atoms with Gasteiger partial charge in [0.25, 0.3) is 0 Å². The van der Waals surface area contributed by atoms with E-state index in [-0.39, 0.29) is 5.91 Å². The fraction of sp³-hybridized carbons (Fsp3) is 0.900. The fourth-order valence-electron chi connectivity index (χ4n) is 0.978. The Labute approximate surface area is 86.6 Å². The third-order valence-corrected chi connectivity index (χ3v) is 1.90. The molecule has 0 saturated carbocycles. The minimum absolute atomic E-state index is 0.123. The molecule has 4 nitrogen and oxygen atoms in total. The van der Waals surface area contributed by atoms with E-state index in [1.165, 1.54) is 0 Å². The van der Waals surface area contributed by atoms with Crippen molar-refractivity contribution in [1.82, 2.24) is 10.2 Å². The van der Waals surface area contributed by atoms with Crippen molar-refractivity contribution in [3.05, 3.63) is 0 Å². The number of carbonyl (C=O) groups is 1. The van der Waals surface area contributed by atoms with Gasteiger partial charge in [0.1, 0.15) is 0 Å². The van der Waals surface area contributed by atoms with Crippen LogP contribution in [0.3, 0.4) is 0 Å². The van der Waals surface area contributed by atoms with Crippen LogP contribution in [0, 0.1) is 0 Å². The van der Waals surface area contributed by atoms with Gasteiger partial charge < -0.3 is 15.0 Å². The Hall–Kier alpha value is -0.610. The number of likely N-dealkylation sites (N-methyl/N-ethyl adjacent to an activating group) is 1. The number of amides is 1. The second-order valence-electron chi connectivity index (χ2n) is 3.19. The van der Waals surface area contributed by atoms with Gasteiger partial charge in [0.05, 0.1) is 13.2 Å². The summed E-state index contributed by atoms with van der Waals surface area (Å²) >= 11 is 0. The van der Waals surface area contributed by atoms with Gasteiger partial charge >= 0.3 is 0 Å². The molecule has 0 atom stereocenters. The molecule has 0 fully saturated rings. The normalized spacial score (nSPS) is 10.2. The Morgan fingerprint density at radius 2 is 2.14 bits per heavy atom. The Kier molecular flexibility index (Phi) is 8.57. The topological polar surface area (TPSA) is 41.6 Å². The SMILES string of the molecule is CCCNCC(=O)N(C)CCOCC. The Bertz CT molecular complexity index is 151. The molecule has 14 heavy (non-hydrogen) atoms. The number of nitrogens with zero attached hydrogens (tertiary/aromatic N) is 1. The first kappa shape index (κ1) is 13.4. The van der Waals surface area contributed by atoms with Crippen LogP contribution in [-0.4, -0.2) is 50.7 Å². The second-order valence-corrected chi connectivity index (χ2v) is 3.19. The lowest BCUT2D eigenvalue weighted by atomic mass is 10.4. The van der Waals surface area contributed by atoms with Crippen LogP contribution >= 0.6 is 0 Å². The van der Waals surface area contributed by atoms with Gasteiger partial charge in [-0.15, -0.1) is 0 Å². The summed E-state index contributed by atoms with van der Waals surface area (Å²) in [5, 5.41) is 3.07. The maximum Gasteiger partial charge on any atom is 0.236 e. The van der Waals surface area contributed by atoms with E-state index in [2.05, 4.69) is 12.2 Å². The van der Waals surface area contributed by atoms with E-state index >= 15 is 0 Å². The van der Waals surface area contributed by atoms with Crippen LogP contribution in [-0.2, 0) is 9.53 Å². The lowest BCUT2D eigenvalue weighted by molar-refractivity contribution is -0.129. The highest BCUT2D eigenvalue weighted by atomic mass is 16.5. The van der Waals surface area contributed by atoms with E-state index in [9.17, 15) is 4.79 Å². The minimum Gasteiger partial charge on any atom is -0.380 e. The number of nitrogens with one attached hydrogen (secondary N) is 1. The average Bonchev–Trinajstić information content (AvgIpc) is 2.18. The predicted molar refractivity (Wildman–Crippen MR) is 57.3 cm³/mol. The summed E-state index contributed by atoms with van der Waals surface area (Å²) in [6, 6.07) is 0. The average molecular weight is 202 g/mol. The first-order chi connectivity index (χ1) is 6.72.